The SMILES string of the molecule is Cc1cc(C)cc(CN2CCN(c3nc4c(C)cccc4cc3CO)CC2=O)c1. The number of aryl methyl sites for hydroxylation is 3. The number of aliphatic hydroxyl groups is 1. The molecule has 150 valence electrons. The minimum absolute atomic E-state index is 0.0889. The van der Waals surface area contributed by atoms with Crippen LogP contribution in [0, 0.1) is 20.8 Å². The Morgan fingerprint density at radius 2 is 1.79 bits per heavy atom. The average Bonchev–Trinajstić information content (AvgIpc) is 2.68. The van der Waals surface area contributed by atoms with Crippen molar-refractivity contribution in [1.82, 2.24) is 9.88 Å². The summed E-state index contributed by atoms with van der Waals surface area (Å²) < 4.78 is 0. The van der Waals surface area contributed by atoms with Gasteiger partial charge in [0.2, 0.25) is 5.91 Å². The predicted octanol–water partition coefficient (Wildman–Crippen LogP) is 3.50. The Morgan fingerprint density at radius 1 is 1.03 bits per heavy atom. The summed E-state index contributed by atoms with van der Waals surface area (Å²) in [7, 11) is 0. The number of aromatic nitrogens is 1. The van der Waals surface area contributed by atoms with Crippen molar-refractivity contribution >= 4 is 22.6 Å². The second-order valence-electron chi connectivity index (χ2n) is 8.01. The van der Waals surface area contributed by atoms with Gasteiger partial charge in [0.15, 0.2) is 0 Å². The highest BCUT2D eigenvalue weighted by molar-refractivity contribution is 5.87. The summed E-state index contributed by atoms with van der Waals surface area (Å²) in [6.07, 6.45) is 0. The monoisotopic (exact) mass is 389 g/mol. The van der Waals surface area contributed by atoms with Crippen LogP contribution in [0.25, 0.3) is 10.9 Å². The number of carbonyl (C=O) groups is 1. The third-order valence-electron chi connectivity index (χ3n) is 5.55. The first-order valence-corrected chi connectivity index (χ1v) is 10.0. The number of piperazine rings is 1. The van der Waals surface area contributed by atoms with E-state index in [1.807, 2.05) is 41.0 Å². The molecular weight excluding hydrogens is 362 g/mol. The van der Waals surface area contributed by atoms with Crippen molar-refractivity contribution in [2.45, 2.75) is 33.9 Å². The van der Waals surface area contributed by atoms with Gasteiger partial charge in [0.25, 0.3) is 0 Å². The van der Waals surface area contributed by atoms with Gasteiger partial charge in [-0.25, -0.2) is 4.98 Å². The number of anilines is 1. The Balaban J connectivity index is 1.56. The zero-order valence-electron chi connectivity index (χ0n) is 17.3. The highest BCUT2D eigenvalue weighted by Crippen LogP contribution is 2.27. The van der Waals surface area contributed by atoms with E-state index in [9.17, 15) is 9.90 Å². The molecular formula is C24H27N3O2. The summed E-state index contributed by atoms with van der Waals surface area (Å²) in [6.45, 7) is 8.36. The molecule has 3 aromatic rings. The van der Waals surface area contributed by atoms with Gasteiger partial charge in [-0.1, -0.05) is 47.5 Å². The lowest BCUT2D eigenvalue weighted by atomic mass is 10.1. The van der Waals surface area contributed by atoms with Crippen molar-refractivity contribution in [1.29, 1.82) is 0 Å². The topological polar surface area (TPSA) is 56.7 Å². The van der Waals surface area contributed by atoms with Crippen LogP contribution in [-0.2, 0) is 17.9 Å². The van der Waals surface area contributed by atoms with E-state index in [1.54, 1.807) is 0 Å². The van der Waals surface area contributed by atoms with Gasteiger partial charge in [-0.15, -0.1) is 0 Å². The zero-order valence-corrected chi connectivity index (χ0v) is 17.3. The predicted molar refractivity (Wildman–Crippen MR) is 116 cm³/mol. The zero-order chi connectivity index (χ0) is 20.5. The first-order chi connectivity index (χ1) is 13.9. The van der Waals surface area contributed by atoms with E-state index < -0.39 is 0 Å². The van der Waals surface area contributed by atoms with Gasteiger partial charge in [-0.3, -0.25) is 4.79 Å². The van der Waals surface area contributed by atoms with E-state index in [2.05, 4.69) is 32.0 Å². The quantitative estimate of drug-likeness (QED) is 0.742. The normalized spacial score (nSPS) is 14.7. The van der Waals surface area contributed by atoms with E-state index in [0.717, 1.165) is 22.0 Å². The molecule has 0 aliphatic carbocycles. The molecule has 0 bridgehead atoms. The highest BCUT2D eigenvalue weighted by Gasteiger charge is 2.26. The molecule has 1 saturated heterocycles. The van der Waals surface area contributed by atoms with Gasteiger partial charge in [0.05, 0.1) is 18.7 Å². The van der Waals surface area contributed by atoms with Crippen molar-refractivity contribution in [3.63, 3.8) is 0 Å². The largest absolute Gasteiger partial charge is 0.392 e. The standard InChI is InChI=1S/C24H27N3O2/c1-16-9-17(2)11-19(10-16)13-26-7-8-27(14-22(26)29)24-21(15-28)12-20-6-4-5-18(3)23(20)25-24/h4-6,9-12,28H,7-8,13-15H2,1-3H3. The third-order valence-corrected chi connectivity index (χ3v) is 5.55. The van der Waals surface area contributed by atoms with Gasteiger partial charge in [0, 0.05) is 30.6 Å². The van der Waals surface area contributed by atoms with E-state index >= 15 is 0 Å². The molecule has 0 radical (unpaired) electrons. The number of aliphatic hydroxyl groups excluding tert-OH is 1. The number of benzene rings is 2. The number of hydrogen-bond acceptors (Lipinski definition) is 4. The van der Waals surface area contributed by atoms with Crippen LogP contribution in [0.1, 0.15) is 27.8 Å². The fraction of sp³-hybridized carbons (Fsp3) is 0.333. The van der Waals surface area contributed by atoms with Crippen LogP contribution in [0.15, 0.2) is 42.5 Å². The molecule has 1 aromatic heterocycles. The maximum atomic E-state index is 12.9. The molecule has 1 N–H and O–H groups in total. The number of pyridine rings is 1. The molecule has 0 atom stereocenters. The molecule has 0 spiro atoms. The second kappa shape index (κ2) is 7.84. The molecule has 29 heavy (non-hydrogen) atoms. The molecule has 5 nitrogen and oxygen atoms in total. The Kier molecular flexibility index (Phi) is 5.24. The van der Waals surface area contributed by atoms with Gasteiger partial charge < -0.3 is 14.9 Å². The maximum absolute atomic E-state index is 12.9. The lowest BCUT2D eigenvalue weighted by molar-refractivity contribution is -0.131. The molecule has 1 amide bonds. The van der Waals surface area contributed by atoms with E-state index in [0.29, 0.717) is 25.5 Å². The van der Waals surface area contributed by atoms with Crippen LogP contribution in [0.5, 0.6) is 0 Å². The molecule has 0 saturated carbocycles. The number of hydrogen-bond donors (Lipinski definition) is 1. The molecule has 1 fully saturated rings. The number of para-hydroxylation sites is 1. The van der Waals surface area contributed by atoms with Crippen LogP contribution in [0.2, 0.25) is 0 Å². The van der Waals surface area contributed by atoms with Gasteiger partial charge in [-0.2, -0.15) is 0 Å². The second-order valence-corrected chi connectivity index (χ2v) is 8.01. The smallest absolute Gasteiger partial charge is 0.242 e. The molecule has 1 aliphatic heterocycles. The molecule has 4 rings (SSSR count). The molecule has 2 aromatic carbocycles. The Hall–Kier alpha value is -2.92. The molecule has 5 heteroatoms. The number of fused-ring (bicyclic) bond motifs is 1. The van der Waals surface area contributed by atoms with Crippen molar-refractivity contribution in [3.05, 3.63) is 70.3 Å². The van der Waals surface area contributed by atoms with E-state index in [1.165, 1.54) is 16.7 Å². The van der Waals surface area contributed by atoms with Crippen LogP contribution in [0.4, 0.5) is 5.82 Å². The summed E-state index contributed by atoms with van der Waals surface area (Å²) >= 11 is 0. The van der Waals surface area contributed by atoms with Crippen molar-refractivity contribution in [3.8, 4) is 0 Å². The van der Waals surface area contributed by atoms with Crippen molar-refractivity contribution < 1.29 is 9.90 Å². The Bertz CT molecular complexity index is 1060. The van der Waals surface area contributed by atoms with E-state index in [-0.39, 0.29) is 19.1 Å². The molecule has 2 heterocycles. The first-order valence-electron chi connectivity index (χ1n) is 10.0. The van der Waals surface area contributed by atoms with Gasteiger partial charge in [-0.05, 0) is 38.0 Å². The average molecular weight is 389 g/mol. The fourth-order valence-corrected chi connectivity index (χ4v) is 4.21. The van der Waals surface area contributed by atoms with Crippen LogP contribution < -0.4 is 4.90 Å². The van der Waals surface area contributed by atoms with Gasteiger partial charge >= 0.3 is 0 Å². The molecule has 1 aliphatic rings. The first kappa shape index (κ1) is 19.4. The van der Waals surface area contributed by atoms with Crippen LogP contribution >= 0.6 is 0 Å². The lowest BCUT2D eigenvalue weighted by Gasteiger charge is -2.36. The van der Waals surface area contributed by atoms with Crippen LogP contribution in [0.3, 0.4) is 0 Å². The summed E-state index contributed by atoms with van der Waals surface area (Å²) in [4.78, 5) is 21.6. The van der Waals surface area contributed by atoms with Gasteiger partial charge in [0.1, 0.15) is 5.82 Å². The number of amides is 1. The fourth-order valence-electron chi connectivity index (χ4n) is 4.21. The minimum Gasteiger partial charge on any atom is -0.392 e. The lowest BCUT2D eigenvalue weighted by Crippen LogP contribution is -2.50. The third kappa shape index (κ3) is 3.96. The Labute approximate surface area is 171 Å². The maximum Gasteiger partial charge on any atom is 0.242 e. The summed E-state index contributed by atoms with van der Waals surface area (Å²) in [5.74, 6) is 0.805. The van der Waals surface area contributed by atoms with Crippen molar-refractivity contribution in [2.24, 2.45) is 0 Å². The number of rotatable bonds is 4. The summed E-state index contributed by atoms with van der Waals surface area (Å²) in [5, 5.41) is 10.9. The van der Waals surface area contributed by atoms with E-state index in [4.69, 9.17) is 4.98 Å². The number of nitrogens with zero attached hydrogens (tertiary/aromatic N) is 3. The Morgan fingerprint density at radius 3 is 2.48 bits per heavy atom. The summed E-state index contributed by atoms with van der Waals surface area (Å²) in [6, 6.07) is 14.4. The minimum atomic E-state index is -0.0941. The summed E-state index contributed by atoms with van der Waals surface area (Å²) in [5.41, 5.74) is 6.38. The van der Waals surface area contributed by atoms with Crippen LogP contribution in [-0.4, -0.2) is 40.5 Å². The van der Waals surface area contributed by atoms with Crippen molar-refractivity contribution in [2.75, 3.05) is 24.5 Å². The molecule has 0 unspecified atom stereocenters. The highest BCUT2D eigenvalue weighted by atomic mass is 16.3. The number of carbonyl (C=O) groups excluding carboxylic acids is 1.